The Hall–Kier alpha value is -4.07. The largest absolute Gasteiger partial charge is 0.480 e. The Balaban J connectivity index is 1.34. The van der Waals surface area contributed by atoms with Gasteiger partial charge in [0.05, 0.1) is 0 Å². The Labute approximate surface area is 207 Å². The zero-order valence-corrected chi connectivity index (χ0v) is 20.2. The molecule has 2 aromatic heterocycles. The van der Waals surface area contributed by atoms with Gasteiger partial charge in [0.25, 0.3) is 5.91 Å². The lowest BCUT2D eigenvalue weighted by Gasteiger charge is -2.21. The Morgan fingerprint density at radius 2 is 1.86 bits per heavy atom. The lowest BCUT2D eigenvalue weighted by atomic mass is 9.90. The molecule has 3 N–H and O–H groups in total. The molecular formula is C28H28N2O6. The van der Waals surface area contributed by atoms with Crippen LogP contribution in [0.5, 0.6) is 5.75 Å². The fourth-order valence-corrected chi connectivity index (χ4v) is 5.01. The number of aromatic amines is 1. The van der Waals surface area contributed by atoms with Crippen LogP contribution >= 0.6 is 0 Å². The van der Waals surface area contributed by atoms with E-state index in [9.17, 15) is 19.5 Å². The number of nitrogens with one attached hydrogen (secondary N) is 2. The van der Waals surface area contributed by atoms with Crippen molar-refractivity contribution in [2.45, 2.75) is 58.1 Å². The number of benzene rings is 2. The van der Waals surface area contributed by atoms with Crippen LogP contribution in [-0.4, -0.2) is 34.1 Å². The first-order valence-corrected chi connectivity index (χ1v) is 12.2. The van der Waals surface area contributed by atoms with Crippen molar-refractivity contribution < 1.29 is 23.8 Å². The van der Waals surface area contributed by atoms with E-state index in [1.165, 1.54) is 0 Å². The first-order chi connectivity index (χ1) is 17.3. The second-order valence-electron chi connectivity index (χ2n) is 9.34. The summed E-state index contributed by atoms with van der Waals surface area (Å²) in [6, 6.07) is 10.1. The van der Waals surface area contributed by atoms with Gasteiger partial charge in [-0.15, -0.1) is 0 Å². The van der Waals surface area contributed by atoms with Gasteiger partial charge in [-0.2, -0.15) is 0 Å². The molecule has 0 unspecified atom stereocenters. The third-order valence-corrected chi connectivity index (χ3v) is 6.98. The molecular weight excluding hydrogens is 460 g/mol. The van der Waals surface area contributed by atoms with Crippen molar-refractivity contribution in [3.63, 3.8) is 0 Å². The van der Waals surface area contributed by atoms with Crippen LogP contribution in [0.2, 0.25) is 0 Å². The van der Waals surface area contributed by atoms with Crippen molar-refractivity contribution in [3.05, 3.63) is 75.3 Å². The first-order valence-electron chi connectivity index (χ1n) is 12.2. The van der Waals surface area contributed by atoms with E-state index in [1.54, 1.807) is 26.1 Å². The van der Waals surface area contributed by atoms with Crippen LogP contribution in [0, 0.1) is 6.92 Å². The molecule has 0 aliphatic heterocycles. The number of amides is 1. The van der Waals surface area contributed by atoms with Crippen molar-refractivity contribution in [1.82, 2.24) is 10.3 Å². The first kappa shape index (κ1) is 23.7. The molecule has 2 aromatic carbocycles. The minimum atomic E-state index is -1.13. The van der Waals surface area contributed by atoms with E-state index in [4.69, 9.17) is 9.15 Å². The molecule has 5 rings (SSSR count). The molecule has 1 aliphatic carbocycles. The maximum absolute atomic E-state index is 12.9. The normalized spacial score (nSPS) is 14.8. The molecule has 4 aromatic rings. The van der Waals surface area contributed by atoms with E-state index in [2.05, 4.69) is 10.3 Å². The minimum Gasteiger partial charge on any atom is -0.480 e. The van der Waals surface area contributed by atoms with Crippen LogP contribution in [0.25, 0.3) is 21.9 Å². The van der Waals surface area contributed by atoms with Gasteiger partial charge >= 0.3 is 11.6 Å². The van der Waals surface area contributed by atoms with E-state index in [0.717, 1.165) is 58.7 Å². The van der Waals surface area contributed by atoms with Crippen LogP contribution in [0.15, 0.2) is 51.8 Å². The summed E-state index contributed by atoms with van der Waals surface area (Å²) in [6.45, 7) is 3.35. The number of aryl methyl sites for hydroxylation is 2. The fraction of sp³-hybridized carbons (Fsp3) is 0.321. The maximum Gasteiger partial charge on any atom is 0.339 e. The number of aromatic nitrogens is 1. The highest BCUT2D eigenvalue weighted by Crippen LogP contribution is 2.33. The monoisotopic (exact) mass is 488 g/mol. The van der Waals surface area contributed by atoms with Gasteiger partial charge in [0.15, 0.2) is 6.10 Å². The summed E-state index contributed by atoms with van der Waals surface area (Å²) in [5.41, 5.74) is 4.28. The van der Waals surface area contributed by atoms with E-state index in [-0.39, 0.29) is 12.0 Å². The Kier molecular flexibility index (Phi) is 6.26. The van der Waals surface area contributed by atoms with Crippen LogP contribution in [-0.2, 0) is 28.9 Å². The smallest absolute Gasteiger partial charge is 0.339 e. The highest BCUT2D eigenvalue weighted by atomic mass is 16.5. The van der Waals surface area contributed by atoms with Gasteiger partial charge in [-0.05, 0) is 68.9 Å². The molecule has 0 fully saturated rings. The number of fused-ring (bicyclic) bond motifs is 4. The minimum absolute atomic E-state index is 0.128. The van der Waals surface area contributed by atoms with Crippen LogP contribution in [0.4, 0.5) is 0 Å². The van der Waals surface area contributed by atoms with Crippen molar-refractivity contribution in [2.75, 3.05) is 0 Å². The molecule has 1 amide bonds. The molecule has 0 bridgehead atoms. The van der Waals surface area contributed by atoms with Gasteiger partial charge in [-0.25, -0.2) is 9.59 Å². The molecule has 0 saturated carbocycles. The Morgan fingerprint density at radius 3 is 2.64 bits per heavy atom. The highest BCUT2D eigenvalue weighted by Gasteiger charge is 2.26. The molecule has 0 radical (unpaired) electrons. The quantitative estimate of drug-likeness (QED) is 0.338. The number of ether oxygens (including phenoxy) is 1. The summed E-state index contributed by atoms with van der Waals surface area (Å²) in [5.74, 6) is -1.27. The Bertz CT molecular complexity index is 1530. The van der Waals surface area contributed by atoms with Crippen molar-refractivity contribution >= 4 is 33.7 Å². The molecule has 0 saturated heterocycles. The number of H-pyrrole nitrogens is 1. The average molecular weight is 489 g/mol. The molecule has 8 nitrogen and oxygen atoms in total. The van der Waals surface area contributed by atoms with Crippen molar-refractivity contribution in [3.8, 4) is 5.75 Å². The highest BCUT2D eigenvalue weighted by molar-refractivity contribution is 5.89. The number of carboxylic acids is 1. The SMILES string of the molecule is Cc1c(O[C@@H](C)C(=O)N[C@@H](Cc2c[nH]c3ccccc23)C(=O)O)ccc2c3c(c(=O)oc12)CCCC3. The maximum atomic E-state index is 12.9. The molecule has 1 aliphatic rings. The predicted octanol–water partition coefficient (Wildman–Crippen LogP) is 4.04. The third kappa shape index (κ3) is 4.34. The van der Waals surface area contributed by atoms with E-state index < -0.39 is 24.0 Å². The van der Waals surface area contributed by atoms with E-state index >= 15 is 0 Å². The van der Waals surface area contributed by atoms with Gasteiger partial charge in [0.2, 0.25) is 0 Å². The zero-order chi connectivity index (χ0) is 25.4. The number of carbonyl (C=O) groups excluding carboxylic acids is 1. The van der Waals surface area contributed by atoms with Crippen molar-refractivity contribution in [2.24, 2.45) is 0 Å². The number of hydrogen-bond acceptors (Lipinski definition) is 5. The fourth-order valence-electron chi connectivity index (χ4n) is 5.01. The van der Waals surface area contributed by atoms with Crippen LogP contribution < -0.4 is 15.7 Å². The number of para-hydroxylation sites is 1. The Morgan fingerprint density at radius 1 is 1.11 bits per heavy atom. The topological polar surface area (TPSA) is 122 Å². The summed E-state index contributed by atoms with van der Waals surface area (Å²) in [5, 5.41) is 14.2. The predicted molar refractivity (Wildman–Crippen MR) is 136 cm³/mol. The second-order valence-corrected chi connectivity index (χ2v) is 9.34. The molecule has 0 spiro atoms. The molecule has 2 heterocycles. The van der Waals surface area contributed by atoms with Gasteiger partial charge < -0.3 is 24.6 Å². The van der Waals surface area contributed by atoms with Gasteiger partial charge in [-0.3, -0.25) is 4.79 Å². The second kappa shape index (κ2) is 9.53. The molecule has 8 heteroatoms. The van der Waals surface area contributed by atoms with Gasteiger partial charge in [-0.1, -0.05) is 18.2 Å². The van der Waals surface area contributed by atoms with Gasteiger partial charge in [0, 0.05) is 40.0 Å². The summed E-state index contributed by atoms with van der Waals surface area (Å²) in [6.07, 6.45) is 4.50. The van der Waals surface area contributed by atoms with E-state index in [0.29, 0.717) is 16.9 Å². The lowest BCUT2D eigenvalue weighted by Crippen LogP contribution is -2.47. The number of carboxylic acid groups (broad SMARTS) is 1. The molecule has 186 valence electrons. The lowest BCUT2D eigenvalue weighted by molar-refractivity contribution is -0.142. The molecule has 2 atom stereocenters. The number of hydrogen-bond donors (Lipinski definition) is 3. The van der Waals surface area contributed by atoms with Gasteiger partial charge in [0.1, 0.15) is 17.4 Å². The van der Waals surface area contributed by atoms with Crippen LogP contribution in [0.3, 0.4) is 0 Å². The standard InChI is InChI=1S/C28H28N2O6/c1-15-24(12-11-20-19-8-3-4-9-21(19)28(34)36-25(15)20)35-16(2)26(31)30-23(27(32)33)13-17-14-29-22-10-6-5-7-18(17)22/h5-7,10-12,14,16,23,29H,3-4,8-9,13H2,1-2H3,(H,30,31)(H,32,33)/t16-,23-/m0/s1. The van der Waals surface area contributed by atoms with Crippen LogP contribution in [0.1, 0.15) is 42.0 Å². The summed E-state index contributed by atoms with van der Waals surface area (Å²) in [7, 11) is 0. The van der Waals surface area contributed by atoms with E-state index in [1.807, 2.05) is 30.3 Å². The average Bonchev–Trinajstić information content (AvgIpc) is 3.28. The molecule has 36 heavy (non-hydrogen) atoms. The summed E-state index contributed by atoms with van der Waals surface area (Å²) in [4.78, 5) is 40.5. The summed E-state index contributed by atoms with van der Waals surface area (Å²) >= 11 is 0. The summed E-state index contributed by atoms with van der Waals surface area (Å²) < 4.78 is 11.6. The zero-order valence-electron chi connectivity index (χ0n) is 20.2. The number of aliphatic carboxylic acids is 1. The third-order valence-electron chi connectivity index (χ3n) is 6.98. The number of rotatable bonds is 7. The number of carbonyl (C=O) groups is 2. The van der Waals surface area contributed by atoms with Crippen molar-refractivity contribution in [1.29, 1.82) is 0 Å².